The molecule has 1 aromatic heterocycles. The molecule has 3 aromatic rings. The van der Waals surface area contributed by atoms with Gasteiger partial charge < -0.3 is 9.64 Å². The number of benzene rings is 2. The molecule has 2 fully saturated rings. The fraction of sp³-hybridized carbons (Fsp3) is 0.385. The number of amides is 1. The molecule has 0 spiro atoms. The number of pyridine rings is 1. The molecule has 31 heavy (non-hydrogen) atoms. The topological polar surface area (TPSA) is 45.7 Å². The van der Waals surface area contributed by atoms with Crippen molar-refractivity contribution in [2.75, 3.05) is 13.7 Å². The van der Waals surface area contributed by atoms with E-state index >= 15 is 0 Å². The molecule has 0 N–H and O–H groups in total. The van der Waals surface area contributed by atoms with E-state index in [1.54, 1.807) is 7.11 Å². The zero-order chi connectivity index (χ0) is 21.2. The fourth-order valence-corrected chi connectivity index (χ4v) is 5.32. The highest BCUT2D eigenvalue weighted by atomic mass is 16.5. The molecule has 2 aliphatic rings. The maximum absolute atomic E-state index is 13.0. The molecule has 2 atom stereocenters. The van der Waals surface area contributed by atoms with Crippen LogP contribution in [-0.2, 0) is 17.9 Å². The summed E-state index contributed by atoms with van der Waals surface area (Å²) in [4.78, 5) is 22.3. The van der Waals surface area contributed by atoms with Crippen molar-refractivity contribution in [2.24, 2.45) is 0 Å². The number of nitrogens with zero attached hydrogens (tertiary/aromatic N) is 3. The normalized spacial score (nSPS) is 21.8. The van der Waals surface area contributed by atoms with Crippen molar-refractivity contribution >= 4 is 16.8 Å². The highest BCUT2D eigenvalue weighted by molar-refractivity contribution is 5.82. The van der Waals surface area contributed by atoms with Crippen molar-refractivity contribution in [3.63, 3.8) is 0 Å². The second-order valence-corrected chi connectivity index (χ2v) is 8.65. The van der Waals surface area contributed by atoms with Crippen LogP contribution in [0.1, 0.15) is 36.8 Å². The number of likely N-dealkylation sites (tertiary alicyclic amines) is 2. The summed E-state index contributed by atoms with van der Waals surface area (Å²) in [6, 6.07) is 19.3. The zero-order valence-electron chi connectivity index (χ0n) is 18.0. The van der Waals surface area contributed by atoms with Gasteiger partial charge in [0.1, 0.15) is 5.75 Å². The quantitative estimate of drug-likeness (QED) is 0.620. The minimum Gasteiger partial charge on any atom is -0.497 e. The first-order chi connectivity index (χ1) is 15.2. The van der Waals surface area contributed by atoms with Gasteiger partial charge in [-0.05, 0) is 54.7 Å². The number of carbonyl (C=O) groups excluding carboxylic acids is 1. The maximum Gasteiger partial charge on any atom is 0.223 e. The number of fused-ring (bicyclic) bond motifs is 2. The molecule has 0 unspecified atom stereocenters. The van der Waals surface area contributed by atoms with Crippen molar-refractivity contribution in [1.82, 2.24) is 14.8 Å². The lowest BCUT2D eigenvalue weighted by atomic mass is 10.0. The Morgan fingerprint density at radius 1 is 1.03 bits per heavy atom. The number of ether oxygens (including phenoxy) is 1. The van der Waals surface area contributed by atoms with E-state index in [1.165, 1.54) is 10.9 Å². The summed E-state index contributed by atoms with van der Waals surface area (Å²) in [6.07, 6.45) is 5.56. The van der Waals surface area contributed by atoms with Crippen molar-refractivity contribution in [1.29, 1.82) is 0 Å². The molecule has 5 nitrogen and oxygen atoms in total. The average molecular weight is 416 g/mol. The monoisotopic (exact) mass is 415 g/mol. The third-order valence-electron chi connectivity index (χ3n) is 6.83. The van der Waals surface area contributed by atoms with Gasteiger partial charge in [0.2, 0.25) is 5.91 Å². The number of methoxy groups -OCH3 is 1. The number of rotatable bonds is 5. The summed E-state index contributed by atoms with van der Waals surface area (Å²) in [5, 5.41) is 1.23. The summed E-state index contributed by atoms with van der Waals surface area (Å²) in [7, 11) is 1.68. The van der Waals surface area contributed by atoms with E-state index in [1.807, 2.05) is 30.5 Å². The number of aromatic nitrogens is 1. The van der Waals surface area contributed by atoms with E-state index in [-0.39, 0.29) is 11.9 Å². The first-order valence-electron chi connectivity index (χ1n) is 11.2. The number of carbonyl (C=O) groups is 1. The Morgan fingerprint density at radius 2 is 1.94 bits per heavy atom. The molecular formula is C26H29N3O2. The molecule has 5 heteroatoms. The Bertz CT molecular complexity index is 1080. The SMILES string of the molecule is COc1cccc(CN2C(=O)CCC[C@@H]3[C@H]2CCN3Cc2cccc3ncccc23)c1. The van der Waals surface area contributed by atoms with Gasteiger partial charge in [0.25, 0.3) is 0 Å². The van der Waals surface area contributed by atoms with Gasteiger partial charge >= 0.3 is 0 Å². The van der Waals surface area contributed by atoms with E-state index < -0.39 is 0 Å². The molecule has 0 saturated carbocycles. The third-order valence-corrected chi connectivity index (χ3v) is 6.83. The lowest BCUT2D eigenvalue weighted by Gasteiger charge is -2.33. The number of hydrogen-bond acceptors (Lipinski definition) is 4. The summed E-state index contributed by atoms with van der Waals surface area (Å²) >= 11 is 0. The zero-order valence-corrected chi connectivity index (χ0v) is 18.0. The van der Waals surface area contributed by atoms with E-state index in [0.717, 1.165) is 49.2 Å². The van der Waals surface area contributed by atoms with Crippen LogP contribution >= 0.6 is 0 Å². The molecule has 0 bridgehead atoms. The van der Waals surface area contributed by atoms with Gasteiger partial charge in [0, 0.05) is 49.7 Å². The Hall–Kier alpha value is -2.92. The average Bonchev–Trinajstić information content (AvgIpc) is 3.12. The van der Waals surface area contributed by atoms with Crippen LogP contribution in [0.2, 0.25) is 0 Å². The molecule has 0 radical (unpaired) electrons. The van der Waals surface area contributed by atoms with Crippen LogP contribution in [-0.4, -0.2) is 46.4 Å². The predicted molar refractivity (Wildman–Crippen MR) is 122 cm³/mol. The first-order valence-corrected chi connectivity index (χ1v) is 11.2. The minimum absolute atomic E-state index is 0.273. The van der Waals surface area contributed by atoms with Gasteiger partial charge in [0.05, 0.1) is 12.6 Å². The van der Waals surface area contributed by atoms with Gasteiger partial charge in [-0.25, -0.2) is 0 Å². The van der Waals surface area contributed by atoms with E-state index in [0.29, 0.717) is 19.0 Å². The van der Waals surface area contributed by atoms with Gasteiger partial charge in [0.15, 0.2) is 0 Å². The molecule has 160 valence electrons. The van der Waals surface area contributed by atoms with Crippen LogP contribution < -0.4 is 4.74 Å². The van der Waals surface area contributed by atoms with Crippen LogP contribution in [0.4, 0.5) is 0 Å². The summed E-state index contributed by atoms with van der Waals surface area (Å²) < 4.78 is 5.38. The highest BCUT2D eigenvalue weighted by Crippen LogP contribution is 2.33. The van der Waals surface area contributed by atoms with E-state index in [4.69, 9.17) is 4.74 Å². The molecule has 0 aliphatic carbocycles. The molecule has 2 aliphatic heterocycles. The Kier molecular flexibility index (Phi) is 5.60. The molecular weight excluding hydrogens is 386 g/mol. The molecule has 1 amide bonds. The van der Waals surface area contributed by atoms with Crippen molar-refractivity contribution in [3.05, 3.63) is 71.9 Å². The van der Waals surface area contributed by atoms with Gasteiger partial charge in [-0.15, -0.1) is 0 Å². The van der Waals surface area contributed by atoms with Crippen LogP contribution in [0.3, 0.4) is 0 Å². The lowest BCUT2D eigenvalue weighted by molar-refractivity contribution is -0.133. The van der Waals surface area contributed by atoms with E-state index in [9.17, 15) is 4.79 Å². The Balaban J connectivity index is 1.38. The Labute approximate surface area is 183 Å². The van der Waals surface area contributed by atoms with Gasteiger partial charge in [-0.1, -0.05) is 30.3 Å². The summed E-state index contributed by atoms with van der Waals surface area (Å²) in [5.41, 5.74) is 3.50. The number of hydrogen-bond donors (Lipinski definition) is 0. The summed E-state index contributed by atoms with van der Waals surface area (Å²) in [5.74, 6) is 1.13. The van der Waals surface area contributed by atoms with Gasteiger partial charge in [-0.3, -0.25) is 14.7 Å². The first kappa shape index (κ1) is 20.0. The summed E-state index contributed by atoms with van der Waals surface area (Å²) in [6.45, 7) is 2.59. The third kappa shape index (κ3) is 4.02. The predicted octanol–water partition coefficient (Wildman–Crippen LogP) is 4.40. The van der Waals surface area contributed by atoms with Crippen LogP contribution in [0, 0.1) is 0 Å². The van der Waals surface area contributed by atoms with Crippen molar-refractivity contribution in [3.8, 4) is 5.75 Å². The van der Waals surface area contributed by atoms with Gasteiger partial charge in [-0.2, -0.15) is 0 Å². The van der Waals surface area contributed by atoms with Crippen molar-refractivity contribution in [2.45, 2.75) is 50.9 Å². The minimum atomic E-state index is 0.273. The fourth-order valence-electron chi connectivity index (χ4n) is 5.32. The molecule has 2 aromatic carbocycles. The molecule has 2 saturated heterocycles. The maximum atomic E-state index is 13.0. The lowest BCUT2D eigenvalue weighted by Crippen LogP contribution is -2.45. The standard InChI is InChI=1S/C26H29N3O2/c1-31-21-8-2-6-19(16-21)17-29-25-13-15-28(24(25)11-4-12-26(29)30)18-20-7-3-10-23-22(20)9-5-14-27-23/h2-3,5-10,14,16,24-25H,4,11-13,15,17-18H2,1H3/t24-,25-/m1/s1. The van der Waals surface area contributed by atoms with E-state index in [2.05, 4.69) is 45.1 Å². The van der Waals surface area contributed by atoms with Crippen LogP contribution in [0.25, 0.3) is 10.9 Å². The van der Waals surface area contributed by atoms with Crippen molar-refractivity contribution < 1.29 is 9.53 Å². The molecule has 3 heterocycles. The van der Waals surface area contributed by atoms with Crippen LogP contribution in [0.15, 0.2) is 60.8 Å². The smallest absolute Gasteiger partial charge is 0.223 e. The largest absolute Gasteiger partial charge is 0.497 e. The highest BCUT2D eigenvalue weighted by Gasteiger charge is 2.41. The van der Waals surface area contributed by atoms with Crippen LogP contribution in [0.5, 0.6) is 5.75 Å². The molecule has 5 rings (SSSR count). The second-order valence-electron chi connectivity index (χ2n) is 8.65. The second kappa shape index (κ2) is 8.67. The Morgan fingerprint density at radius 3 is 2.84 bits per heavy atom.